The average molecular weight is 566 g/mol. The molecule has 3 aromatic rings. The van der Waals surface area contributed by atoms with E-state index in [1.807, 2.05) is 44.2 Å². The highest BCUT2D eigenvalue weighted by molar-refractivity contribution is 6.42. The van der Waals surface area contributed by atoms with E-state index in [-0.39, 0.29) is 30.8 Å². The fourth-order valence-corrected chi connectivity index (χ4v) is 4.56. The number of benzene rings is 3. The Bertz CT molecular complexity index is 1200. The smallest absolute Gasteiger partial charge is 0.243 e. The van der Waals surface area contributed by atoms with E-state index in [0.717, 1.165) is 17.5 Å². The number of hydrogen-bond donors (Lipinski definition) is 1. The van der Waals surface area contributed by atoms with E-state index in [0.29, 0.717) is 32.1 Å². The van der Waals surface area contributed by atoms with Crippen LogP contribution in [0.1, 0.15) is 37.0 Å². The Morgan fingerprint density at radius 3 is 2.22 bits per heavy atom. The molecule has 3 aromatic carbocycles. The molecule has 0 aliphatic carbocycles. The van der Waals surface area contributed by atoms with Crippen LogP contribution >= 0.6 is 46.4 Å². The SMILES string of the molecule is CCC(C)NC(=O)C(Cc1ccccc1)N(Cc1ccc(Cl)c(Cl)c1)C(=O)Cc1ccc(Cl)cc1Cl. The first kappa shape index (κ1) is 28.3. The van der Waals surface area contributed by atoms with Crippen LogP contribution in [0.4, 0.5) is 0 Å². The first-order valence-corrected chi connectivity index (χ1v) is 13.2. The molecule has 0 aromatic heterocycles. The summed E-state index contributed by atoms with van der Waals surface area (Å²) in [6, 6.07) is 19.1. The van der Waals surface area contributed by atoms with Crippen LogP contribution in [0.2, 0.25) is 20.1 Å². The van der Waals surface area contributed by atoms with Crippen molar-refractivity contribution < 1.29 is 9.59 Å². The predicted octanol–water partition coefficient (Wildman–Crippen LogP) is 7.40. The van der Waals surface area contributed by atoms with E-state index in [4.69, 9.17) is 46.4 Å². The summed E-state index contributed by atoms with van der Waals surface area (Å²) in [7, 11) is 0. The second-order valence-electron chi connectivity index (χ2n) is 8.71. The number of carbonyl (C=O) groups excluding carboxylic acids is 2. The van der Waals surface area contributed by atoms with Crippen molar-refractivity contribution in [2.24, 2.45) is 0 Å². The maximum absolute atomic E-state index is 13.8. The zero-order valence-corrected chi connectivity index (χ0v) is 23.1. The van der Waals surface area contributed by atoms with E-state index < -0.39 is 6.04 Å². The Morgan fingerprint density at radius 1 is 0.861 bits per heavy atom. The van der Waals surface area contributed by atoms with Crippen molar-refractivity contribution in [3.8, 4) is 0 Å². The molecule has 0 aliphatic heterocycles. The highest BCUT2D eigenvalue weighted by Crippen LogP contribution is 2.26. The third kappa shape index (κ3) is 7.88. The molecule has 0 heterocycles. The van der Waals surface area contributed by atoms with Crippen LogP contribution in [0.5, 0.6) is 0 Å². The lowest BCUT2D eigenvalue weighted by molar-refractivity contribution is -0.141. The van der Waals surface area contributed by atoms with Gasteiger partial charge in [0.25, 0.3) is 0 Å². The zero-order chi connectivity index (χ0) is 26.2. The highest BCUT2D eigenvalue weighted by Gasteiger charge is 2.31. The largest absolute Gasteiger partial charge is 0.352 e. The molecule has 2 atom stereocenters. The van der Waals surface area contributed by atoms with Gasteiger partial charge in [-0.05, 0) is 54.3 Å². The number of nitrogens with zero attached hydrogens (tertiary/aromatic N) is 1. The third-order valence-corrected chi connectivity index (χ3v) is 7.29. The lowest BCUT2D eigenvalue weighted by Gasteiger charge is -2.32. The van der Waals surface area contributed by atoms with Crippen molar-refractivity contribution >= 4 is 58.2 Å². The lowest BCUT2D eigenvalue weighted by Crippen LogP contribution is -2.52. The zero-order valence-electron chi connectivity index (χ0n) is 20.1. The van der Waals surface area contributed by atoms with Gasteiger partial charge in [-0.15, -0.1) is 0 Å². The third-order valence-electron chi connectivity index (χ3n) is 5.97. The first-order valence-electron chi connectivity index (χ1n) is 11.7. The molecule has 8 heteroatoms. The second kappa shape index (κ2) is 13.3. The molecule has 0 saturated carbocycles. The van der Waals surface area contributed by atoms with Gasteiger partial charge in [-0.1, -0.05) is 95.8 Å². The number of halogens is 4. The Kier molecular flexibility index (Phi) is 10.5. The first-order chi connectivity index (χ1) is 17.2. The van der Waals surface area contributed by atoms with Crippen LogP contribution in [0.3, 0.4) is 0 Å². The van der Waals surface area contributed by atoms with Gasteiger partial charge in [-0.25, -0.2) is 0 Å². The summed E-state index contributed by atoms with van der Waals surface area (Å²) >= 11 is 24.8. The second-order valence-corrected chi connectivity index (χ2v) is 10.4. The minimum absolute atomic E-state index is 0.0131. The molecular formula is C28H28Cl4N2O2. The molecule has 2 amide bonds. The van der Waals surface area contributed by atoms with Gasteiger partial charge in [0.15, 0.2) is 0 Å². The van der Waals surface area contributed by atoms with E-state index in [1.165, 1.54) is 0 Å². The summed E-state index contributed by atoms with van der Waals surface area (Å²) in [6.45, 7) is 4.11. The molecule has 2 unspecified atom stereocenters. The molecule has 1 N–H and O–H groups in total. The summed E-state index contributed by atoms with van der Waals surface area (Å²) in [5.41, 5.74) is 2.33. The Labute approximate surface area is 232 Å². The summed E-state index contributed by atoms with van der Waals surface area (Å²) < 4.78 is 0. The minimum Gasteiger partial charge on any atom is -0.352 e. The quantitative estimate of drug-likeness (QED) is 0.278. The van der Waals surface area contributed by atoms with E-state index in [2.05, 4.69) is 5.32 Å². The molecule has 36 heavy (non-hydrogen) atoms. The molecule has 0 saturated heterocycles. The summed E-state index contributed by atoms with van der Waals surface area (Å²) in [5, 5.41) is 4.73. The molecule has 0 radical (unpaired) electrons. The number of amides is 2. The summed E-state index contributed by atoms with van der Waals surface area (Å²) in [4.78, 5) is 28.9. The monoisotopic (exact) mass is 564 g/mol. The van der Waals surface area contributed by atoms with Gasteiger partial charge in [0.2, 0.25) is 11.8 Å². The molecule has 0 spiro atoms. The highest BCUT2D eigenvalue weighted by atomic mass is 35.5. The fourth-order valence-electron chi connectivity index (χ4n) is 3.76. The molecule has 190 valence electrons. The van der Waals surface area contributed by atoms with E-state index >= 15 is 0 Å². The van der Waals surface area contributed by atoms with Gasteiger partial charge >= 0.3 is 0 Å². The van der Waals surface area contributed by atoms with Crippen molar-refractivity contribution in [1.82, 2.24) is 10.2 Å². The topological polar surface area (TPSA) is 49.4 Å². The van der Waals surface area contributed by atoms with Gasteiger partial charge in [0.05, 0.1) is 16.5 Å². The summed E-state index contributed by atoms with van der Waals surface area (Å²) in [5.74, 6) is -0.464. The van der Waals surface area contributed by atoms with Crippen molar-refractivity contribution in [2.75, 3.05) is 0 Å². The number of carbonyl (C=O) groups is 2. The molecule has 0 fully saturated rings. The standard InChI is InChI=1S/C28H28Cl4N2O2/c1-3-18(2)33-28(36)26(14-19-7-5-4-6-8-19)34(17-20-9-12-23(30)25(32)13-20)27(35)15-21-10-11-22(29)16-24(21)31/h4-13,16,18,26H,3,14-15,17H2,1-2H3,(H,33,36). The van der Waals surface area contributed by atoms with Gasteiger partial charge < -0.3 is 10.2 Å². The van der Waals surface area contributed by atoms with Gasteiger partial charge in [0, 0.05) is 29.1 Å². The predicted molar refractivity (Wildman–Crippen MR) is 149 cm³/mol. The van der Waals surface area contributed by atoms with Crippen LogP contribution in [0, 0.1) is 0 Å². The van der Waals surface area contributed by atoms with Crippen molar-refractivity contribution in [3.63, 3.8) is 0 Å². The molecule has 3 rings (SSSR count). The number of rotatable bonds is 10. The molecule has 0 bridgehead atoms. The van der Waals surface area contributed by atoms with E-state index in [9.17, 15) is 9.59 Å². The van der Waals surface area contributed by atoms with Crippen molar-refractivity contribution in [1.29, 1.82) is 0 Å². The minimum atomic E-state index is -0.755. The average Bonchev–Trinajstić information content (AvgIpc) is 2.85. The molecule has 4 nitrogen and oxygen atoms in total. The maximum Gasteiger partial charge on any atom is 0.243 e. The Balaban J connectivity index is 2.01. The normalized spacial score (nSPS) is 12.6. The van der Waals surface area contributed by atoms with Crippen LogP contribution in [-0.4, -0.2) is 28.8 Å². The van der Waals surface area contributed by atoms with Crippen LogP contribution in [0.15, 0.2) is 66.7 Å². The van der Waals surface area contributed by atoms with Crippen molar-refractivity contribution in [2.45, 2.75) is 51.7 Å². The Morgan fingerprint density at radius 2 is 1.58 bits per heavy atom. The number of hydrogen-bond acceptors (Lipinski definition) is 2. The molecule has 0 aliphatic rings. The fraction of sp³-hybridized carbons (Fsp3) is 0.286. The van der Waals surface area contributed by atoms with Crippen molar-refractivity contribution in [3.05, 3.63) is 104 Å². The maximum atomic E-state index is 13.8. The van der Waals surface area contributed by atoms with E-state index in [1.54, 1.807) is 41.3 Å². The molecular weight excluding hydrogens is 538 g/mol. The lowest BCUT2D eigenvalue weighted by atomic mass is 10.0. The number of nitrogens with one attached hydrogen (secondary N) is 1. The van der Waals surface area contributed by atoms with Crippen LogP contribution in [-0.2, 0) is 29.0 Å². The van der Waals surface area contributed by atoms with Gasteiger partial charge in [-0.2, -0.15) is 0 Å². The van der Waals surface area contributed by atoms with Crippen LogP contribution < -0.4 is 5.32 Å². The van der Waals surface area contributed by atoms with Gasteiger partial charge in [-0.3, -0.25) is 9.59 Å². The van der Waals surface area contributed by atoms with Gasteiger partial charge in [0.1, 0.15) is 6.04 Å². The van der Waals surface area contributed by atoms with Crippen LogP contribution in [0.25, 0.3) is 0 Å². The summed E-state index contributed by atoms with van der Waals surface area (Å²) in [6.07, 6.45) is 1.13. The Hall–Kier alpha value is -2.24.